The Morgan fingerprint density at radius 3 is 3.03 bits per heavy atom. The summed E-state index contributed by atoms with van der Waals surface area (Å²) in [5.41, 5.74) is 7.78. The van der Waals surface area contributed by atoms with E-state index in [1.165, 1.54) is 6.20 Å². The van der Waals surface area contributed by atoms with Crippen molar-refractivity contribution in [3.63, 3.8) is 0 Å². The summed E-state index contributed by atoms with van der Waals surface area (Å²) in [4.78, 5) is 29.9. The van der Waals surface area contributed by atoms with Crippen molar-refractivity contribution >= 4 is 28.4 Å². The molecular weight excluding hydrogens is 371 g/mol. The number of nitrogens with one attached hydrogen (secondary N) is 3. The van der Waals surface area contributed by atoms with Gasteiger partial charge in [-0.05, 0) is 37.5 Å². The fourth-order valence-corrected chi connectivity index (χ4v) is 3.77. The van der Waals surface area contributed by atoms with Gasteiger partial charge in [0.25, 0.3) is 5.91 Å². The largest absolute Gasteiger partial charge is 0.359 e. The quantitative estimate of drug-likeness (QED) is 0.679. The van der Waals surface area contributed by atoms with E-state index in [9.17, 15) is 14.0 Å². The number of aromatic nitrogens is 1. The Morgan fingerprint density at radius 2 is 2.14 bits per heavy atom. The highest BCUT2D eigenvalue weighted by molar-refractivity contribution is 5.90. The Hall–Kier alpha value is -3.35. The average Bonchev–Trinajstić information content (AvgIpc) is 3.27. The van der Waals surface area contributed by atoms with Gasteiger partial charge in [-0.15, -0.1) is 0 Å². The van der Waals surface area contributed by atoms with Crippen molar-refractivity contribution in [2.45, 2.75) is 31.7 Å². The second kappa shape index (κ2) is 8.34. The molecule has 1 fully saturated rings. The van der Waals surface area contributed by atoms with E-state index < -0.39 is 6.04 Å². The highest BCUT2D eigenvalue weighted by Gasteiger charge is 2.34. The number of likely N-dealkylation sites (tertiary alicyclic amines) is 1. The van der Waals surface area contributed by atoms with Gasteiger partial charge in [0.2, 0.25) is 5.91 Å². The van der Waals surface area contributed by atoms with Crippen LogP contribution in [-0.2, 0) is 9.59 Å². The number of rotatable bonds is 5. The monoisotopic (exact) mass is 394 g/mol. The molecule has 2 aromatic rings. The van der Waals surface area contributed by atoms with Gasteiger partial charge in [-0.1, -0.05) is 36.0 Å². The molecule has 1 aliphatic heterocycles. The molecule has 0 unspecified atom stereocenters. The molecule has 1 aliphatic carbocycles. The van der Waals surface area contributed by atoms with Crippen molar-refractivity contribution in [1.29, 1.82) is 0 Å². The molecule has 29 heavy (non-hydrogen) atoms. The molecule has 1 aromatic heterocycles. The van der Waals surface area contributed by atoms with Crippen molar-refractivity contribution in [2.24, 2.45) is 0 Å². The SMILES string of the molecule is O=C(NNc1ccc2[nH]cc(F)c2c1)[C@@H]1CCCN1C(=O)CC1=CC=CC=CC1. The van der Waals surface area contributed by atoms with E-state index in [1.807, 2.05) is 30.4 Å². The summed E-state index contributed by atoms with van der Waals surface area (Å²) in [6.07, 6.45) is 13.6. The first-order valence-electron chi connectivity index (χ1n) is 9.75. The Morgan fingerprint density at radius 1 is 1.24 bits per heavy atom. The zero-order valence-corrected chi connectivity index (χ0v) is 16.0. The van der Waals surface area contributed by atoms with Gasteiger partial charge in [-0.2, -0.15) is 0 Å². The number of hydrogen-bond donors (Lipinski definition) is 3. The Kier molecular flexibility index (Phi) is 5.46. The lowest BCUT2D eigenvalue weighted by Crippen LogP contribution is -2.47. The van der Waals surface area contributed by atoms with E-state index in [2.05, 4.69) is 15.8 Å². The molecule has 7 heteroatoms. The number of fused-ring (bicyclic) bond motifs is 1. The third-order valence-electron chi connectivity index (χ3n) is 5.29. The van der Waals surface area contributed by atoms with Crippen LogP contribution in [0.2, 0.25) is 0 Å². The second-order valence-corrected chi connectivity index (χ2v) is 7.28. The molecule has 1 saturated heterocycles. The molecule has 1 atom stereocenters. The van der Waals surface area contributed by atoms with E-state index in [-0.39, 0.29) is 17.6 Å². The number of hydrogen-bond acceptors (Lipinski definition) is 3. The minimum absolute atomic E-state index is 0.0339. The first kappa shape index (κ1) is 19.0. The topological polar surface area (TPSA) is 77.2 Å². The minimum atomic E-state index is -0.500. The summed E-state index contributed by atoms with van der Waals surface area (Å²) in [7, 11) is 0. The molecular formula is C22H23FN4O2. The summed E-state index contributed by atoms with van der Waals surface area (Å²) in [6.45, 7) is 0.580. The molecule has 2 amide bonds. The van der Waals surface area contributed by atoms with E-state index in [1.54, 1.807) is 23.1 Å². The van der Waals surface area contributed by atoms with Crippen LogP contribution in [0.3, 0.4) is 0 Å². The number of nitrogens with zero attached hydrogens (tertiary/aromatic N) is 1. The fraction of sp³-hybridized carbons (Fsp3) is 0.273. The zero-order chi connectivity index (χ0) is 20.2. The van der Waals surface area contributed by atoms with Gasteiger partial charge in [0.15, 0.2) is 0 Å². The predicted octanol–water partition coefficient (Wildman–Crippen LogP) is 3.57. The maximum absolute atomic E-state index is 13.7. The maximum Gasteiger partial charge on any atom is 0.261 e. The number of anilines is 1. The highest BCUT2D eigenvalue weighted by atomic mass is 19.1. The molecule has 4 rings (SSSR count). The van der Waals surface area contributed by atoms with Gasteiger partial charge < -0.3 is 9.88 Å². The van der Waals surface area contributed by atoms with Crippen molar-refractivity contribution in [1.82, 2.24) is 15.3 Å². The third-order valence-corrected chi connectivity index (χ3v) is 5.29. The Labute approximate surface area is 168 Å². The van der Waals surface area contributed by atoms with Crippen LogP contribution < -0.4 is 10.9 Å². The number of H-pyrrole nitrogens is 1. The van der Waals surface area contributed by atoms with E-state index in [0.29, 0.717) is 36.0 Å². The number of carbonyl (C=O) groups excluding carboxylic acids is 2. The molecule has 2 heterocycles. The standard InChI is InChI=1S/C22H23FN4O2/c23-18-14-24-19-10-9-16(13-17(18)19)25-26-22(29)20-8-5-11-27(20)21(28)12-15-6-3-1-2-4-7-15/h1-4,6,9-10,13-14,20,24-25H,5,7-8,11-12H2,(H,26,29)/t20-/m0/s1. The van der Waals surface area contributed by atoms with Gasteiger partial charge in [-0.25, -0.2) is 4.39 Å². The number of aromatic amines is 1. The lowest BCUT2D eigenvalue weighted by Gasteiger charge is -2.24. The lowest BCUT2D eigenvalue weighted by molar-refractivity contribution is -0.137. The van der Waals surface area contributed by atoms with Gasteiger partial charge in [0, 0.05) is 30.1 Å². The lowest BCUT2D eigenvalue weighted by atomic mass is 10.1. The van der Waals surface area contributed by atoms with Crippen LogP contribution >= 0.6 is 0 Å². The van der Waals surface area contributed by atoms with Gasteiger partial charge >= 0.3 is 0 Å². The van der Waals surface area contributed by atoms with Crippen LogP contribution in [0.15, 0.2) is 60.3 Å². The van der Waals surface area contributed by atoms with Gasteiger partial charge in [0.05, 0.1) is 5.69 Å². The normalized spacial score (nSPS) is 18.6. The van der Waals surface area contributed by atoms with Crippen LogP contribution in [0, 0.1) is 5.82 Å². The maximum atomic E-state index is 13.7. The van der Waals surface area contributed by atoms with Crippen molar-refractivity contribution in [3.8, 4) is 0 Å². The van der Waals surface area contributed by atoms with Crippen molar-refractivity contribution in [3.05, 3.63) is 66.2 Å². The second-order valence-electron chi connectivity index (χ2n) is 7.28. The molecule has 0 spiro atoms. The predicted molar refractivity (Wildman–Crippen MR) is 110 cm³/mol. The zero-order valence-electron chi connectivity index (χ0n) is 16.0. The number of hydrazine groups is 1. The molecule has 0 bridgehead atoms. The van der Waals surface area contributed by atoms with Gasteiger partial charge in [-0.3, -0.25) is 20.4 Å². The van der Waals surface area contributed by atoms with Gasteiger partial charge in [0.1, 0.15) is 11.9 Å². The van der Waals surface area contributed by atoms with Crippen LogP contribution in [0.1, 0.15) is 25.7 Å². The number of benzene rings is 1. The first-order valence-corrected chi connectivity index (χ1v) is 9.75. The summed E-state index contributed by atoms with van der Waals surface area (Å²) in [6, 6.07) is 4.61. The van der Waals surface area contributed by atoms with Crippen LogP contribution in [0.25, 0.3) is 10.9 Å². The average molecular weight is 394 g/mol. The summed E-state index contributed by atoms with van der Waals surface area (Å²) >= 11 is 0. The molecule has 6 nitrogen and oxygen atoms in total. The first-order chi connectivity index (χ1) is 14.1. The molecule has 0 saturated carbocycles. The molecule has 2 aliphatic rings. The molecule has 1 aromatic carbocycles. The van der Waals surface area contributed by atoms with E-state index >= 15 is 0 Å². The minimum Gasteiger partial charge on any atom is -0.359 e. The van der Waals surface area contributed by atoms with E-state index in [4.69, 9.17) is 0 Å². The summed E-state index contributed by atoms with van der Waals surface area (Å²) in [5.74, 6) is -0.645. The number of carbonyl (C=O) groups is 2. The molecule has 0 radical (unpaired) electrons. The van der Waals surface area contributed by atoms with Crippen molar-refractivity contribution < 1.29 is 14.0 Å². The fourth-order valence-electron chi connectivity index (χ4n) is 3.77. The number of halogens is 1. The number of amides is 2. The summed E-state index contributed by atoms with van der Waals surface area (Å²) < 4.78 is 13.7. The Bertz CT molecular complexity index is 1020. The Balaban J connectivity index is 1.37. The molecule has 150 valence electrons. The number of allylic oxidation sites excluding steroid dienone is 5. The third kappa shape index (κ3) is 4.23. The van der Waals surface area contributed by atoms with E-state index in [0.717, 1.165) is 18.4 Å². The smallest absolute Gasteiger partial charge is 0.261 e. The highest BCUT2D eigenvalue weighted by Crippen LogP contribution is 2.23. The summed E-state index contributed by atoms with van der Waals surface area (Å²) in [5, 5.41) is 0.446. The van der Waals surface area contributed by atoms with Crippen LogP contribution in [0.5, 0.6) is 0 Å². The molecule has 3 N–H and O–H groups in total. The van der Waals surface area contributed by atoms with Crippen LogP contribution in [0.4, 0.5) is 10.1 Å². The van der Waals surface area contributed by atoms with Crippen LogP contribution in [-0.4, -0.2) is 34.3 Å². The van der Waals surface area contributed by atoms with Crippen molar-refractivity contribution in [2.75, 3.05) is 12.0 Å².